The van der Waals surface area contributed by atoms with Crippen molar-refractivity contribution in [3.05, 3.63) is 39.7 Å². The fourth-order valence-corrected chi connectivity index (χ4v) is 3.48. The number of benzene rings is 1. The molecular weight excluding hydrogens is 344 g/mol. The van der Waals surface area contributed by atoms with Gasteiger partial charge in [0.1, 0.15) is 5.76 Å². The van der Waals surface area contributed by atoms with Crippen molar-refractivity contribution < 1.29 is 13.6 Å². The van der Waals surface area contributed by atoms with Crippen LogP contribution in [0.4, 0.5) is 0 Å². The molecular formula is C21H32O4Si. The van der Waals surface area contributed by atoms with Crippen LogP contribution in [-0.4, -0.2) is 15.4 Å². The van der Waals surface area contributed by atoms with Crippen LogP contribution in [0.25, 0.3) is 11.0 Å². The second-order valence-electron chi connectivity index (χ2n) is 8.40. The van der Waals surface area contributed by atoms with Gasteiger partial charge in [-0.05, 0) is 42.2 Å². The first kappa shape index (κ1) is 20.7. The monoisotopic (exact) mass is 376 g/mol. The zero-order valence-corrected chi connectivity index (χ0v) is 18.2. The highest BCUT2D eigenvalue weighted by Crippen LogP contribution is 2.37. The number of fused-ring (bicyclic) bond motifs is 1. The minimum absolute atomic E-state index is 0.0233. The third-order valence-corrected chi connectivity index (χ3v) is 9.79. The first-order valence-corrected chi connectivity index (χ1v) is 12.3. The normalized spacial score (nSPS) is 12.6. The Kier molecular flexibility index (Phi) is 6.35. The lowest BCUT2D eigenvalue weighted by Gasteiger charge is -2.36. The molecule has 0 saturated carbocycles. The van der Waals surface area contributed by atoms with Crippen LogP contribution in [0.2, 0.25) is 18.1 Å². The Bertz CT molecular complexity index is 815. The summed E-state index contributed by atoms with van der Waals surface area (Å²) in [5.74, 6) is 1.31. The quantitative estimate of drug-likeness (QED) is 0.585. The zero-order valence-electron chi connectivity index (χ0n) is 17.2. The van der Waals surface area contributed by atoms with Crippen molar-refractivity contribution in [1.82, 2.24) is 0 Å². The van der Waals surface area contributed by atoms with Crippen LogP contribution in [0.5, 0.6) is 5.75 Å². The predicted molar refractivity (Wildman–Crippen MR) is 110 cm³/mol. The van der Waals surface area contributed by atoms with Crippen LogP contribution < -0.4 is 10.2 Å². The first-order chi connectivity index (χ1) is 12.1. The van der Waals surface area contributed by atoms with Crippen molar-refractivity contribution >= 4 is 19.3 Å². The van der Waals surface area contributed by atoms with Crippen molar-refractivity contribution in [2.45, 2.75) is 71.7 Å². The van der Waals surface area contributed by atoms with Crippen molar-refractivity contribution in [2.75, 3.05) is 7.11 Å². The molecule has 1 heterocycles. The molecule has 5 heteroatoms. The van der Waals surface area contributed by atoms with Gasteiger partial charge in [-0.15, -0.1) is 0 Å². The van der Waals surface area contributed by atoms with E-state index < -0.39 is 8.32 Å². The molecule has 0 aliphatic carbocycles. The second-order valence-corrected chi connectivity index (χ2v) is 13.2. The Balaban J connectivity index is 2.39. The molecule has 0 radical (unpaired) electrons. The number of unbranched alkanes of at least 4 members (excludes halogenated alkanes) is 1. The van der Waals surface area contributed by atoms with Crippen molar-refractivity contribution in [3.8, 4) is 5.75 Å². The van der Waals surface area contributed by atoms with E-state index in [9.17, 15) is 4.79 Å². The SMILES string of the molecule is CCCCc1cc(=O)c2cc(CO[Si](C)(C)C(C)(C)C)cc(OC)c2o1. The highest BCUT2D eigenvalue weighted by molar-refractivity contribution is 6.74. The number of hydrogen-bond acceptors (Lipinski definition) is 4. The molecule has 1 aromatic carbocycles. The Morgan fingerprint density at radius 2 is 1.85 bits per heavy atom. The summed E-state index contributed by atoms with van der Waals surface area (Å²) in [7, 11) is -0.260. The topological polar surface area (TPSA) is 48.7 Å². The predicted octanol–water partition coefficient (Wildman–Crippen LogP) is 5.67. The van der Waals surface area contributed by atoms with E-state index in [2.05, 4.69) is 40.8 Å². The molecule has 0 saturated heterocycles. The van der Waals surface area contributed by atoms with Crippen LogP contribution in [0.3, 0.4) is 0 Å². The van der Waals surface area contributed by atoms with Gasteiger partial charge < -0.3 is 13.6 Å². The summed E-state index contributed by atoms with van der Waals surface area (Å²) >= 11 is 0. The second kappa shape index (κ2) is 7.97. The van der Waals surface area contributed by atoms with Crippen LogP contribution in [0.15, 0.2) is 27.4 Å². The van der Waals surface area contributed by atoms with Crippen molar-refractivity contribution in [1.29, 1.82) is 0 Å². The van der Waals surface area contributed by atoms with Gasteiger partial charge in [-0.1, -0.05) is 34.1 Å². The molecule has 144 valence electrons. The first-order valence-electron chi connectivity index (χ1n) is 9.36. The van der Waals surface area contributed by atoms with Gasteiger partial charge in [0.05, 0.1) is 19.1 Å². The molecule has 0 amide bonds. The maximum absolute atomic E-state index is 12.6. The molecule has 0 N–H and O–H groups in total. The van der Waals surface area contributed by atoms with Gasteiger partial charge in [0.15, 0.2) is 25.1 Å². The minimum Gasteiger partial charge on any atom is -0.493 e. The highest BCUT2D eigenvalue weighted by Gasteiger charge is 2.37. The third kappa shape index (κ3) is 4.57. The van der Waals surface area contributed by atoms with E-state index in [1.165, 1.54) is 0 Å². The lowest BCUT2D eigenvalue weighted by atomic mass is 10.1. The number of methoxy groups -OCH3 is 1. The average Bonchev–Trinajstić information content (AvgIpc) is 2.57. The van der Waals surface area contributed by atoms with Gasteiger partial charge >= 0.3 is 0 Å². The number of ether oxygens (including phenoxy) is 1. The van der Waals surface area contributed by atoms with Gasteiger partial charge in [-0.3, -0.25) is 4.79 Å². The van der Waals surface area contributed by atoms with E-state index in [0.29, 0.717) is 29.1 Å². The molecule has 0 unspecified atom stereocenters. The highest BCUT2D eigenvalue weighted by atomic mass is 28.4. The molecule has 0 spiro atoms. The molecule has 0 atom stereocenters. The lowest BCUT2D eigenvalue weighted by Crippen LogP contribution is -2.40. The fourth-order valence-electron chi connectivity index (χ4n) is 2.52. The van der Waals surface area contributed by atoms with E-state index in [1.54, 1.807) is 13.2 Å². The molecule has 0 aliphatic heterocycles. The van der Waals surface area contributed by atoms with Crippen LogP contribution >= 0.6 is 0 Å². The Morgan fingerprint density at radius 1 is 1.15 bits per heavy atom. The van der Waals surface area contributed by atoms with E-state index in [0.717, 1.165) is 24.8 Å². The summed E-state index contributed by atoms with van der Waals surface area (Å²) in [6.45, 7) is 13.7. The van der Waals surface area contributed by atoms with Crippen molar-refractivity contribution in [2.24, 2.45) is 0 Å². The molecule has 2 aromatic rings. The minimum atomic E-state index is -1.86. The number of aryl methyl sites for hydroxylation is 1. The van der Waals surface area contributed by atoms with Gasteiger partial charge in [-0.2, -0.15) is 0 Å². The van der Waals surface area contributed by atoms with E-state index in [-0.39, 0.29) is 10.5 Å². The third-order valence-electron chi connectivity index (χ3n) is 5.31. The van der Waals surface area contributed by atoms with E-state index >= 15 is 0 Å². The van der Waals surface area contributed by atoms with Crippen LogP contribution in [0, 0.1) is 0 Å². The van der Waals surface area contributed by atoms with E-state index in [4.69, 9.17) is 13.6 Å². The maximum atomic E-state index is 12.6. The van der Waals surface area contributed by atoms with Crippen LogP contribution in [-0.2, 0) is 17.5 Å². The van der Waals surface area contributed by atoms with Crippen molar-refractivity contribution in [3.63, 3.8) is 0 Å². The fraction of sp³-hybridized carbons (Fsp3) is 0.571. The Morgan fingerprint density at radius 3 is 2.42 bits per heavy atom. The van der Waals surface area contributed by atoms with Gasteiger partial charge in [-0.25, -0.2) is 0 Å². The van der Waals surface area contributed by atoms with E-state index in [1.807, 2.05) is 12.1 Å². The number of hydrogen-bond donors (Lipinski definition) is 0. The molecule has 0 bridgehead atoms. The molecule has 26 heavy (non-hydrogen) atoms. The summed E-state index contributed by atoms with van der Waals surface area (Å²) in [6, 6.07) is 5.40. The summed E-state index contributed by atoms with van der Waals surface area (Å²) < 4.78 is 17.8. The Hall–Kier alpha value is -1.59. The maximum Gasteiger partial charge on any atom is 0.193 e. The van der Waals surface area contributed by atoms with Gasteiger partial charge in [0.2, 0.25) is 0 Å². The van der Waals surface area contributed by atoms with Gasteiger partial charge in [0.25, 0.3) is 0 Å². The molecule has 2 rings (SSSR count). The molecule has 4 nitrogen and oxygen atoms in total. The zero-order chi connectivity index (χ0) is 19.5. The molecule has 1 aromatic heterocycles. The Labute approximate surface area is 157 Å². The molecule has 0 aliphatic rings. The summed E-state index contributed by atoms with van der Waals surface area (Å²) in [5.41, 5.74) is 1.44. The number of rotatable bonds is 7. The van der Waals surface area contributed by atoms with Gasteiger partial charge in [0, 0.05) is 12.5 Å². The smallest absolute Gasteiger partial charge is 0.193 e. The average molecular weight is 377 g/mol. The largest absolute Gasteiger partial charge is 0.493 e. The van der Waals surface area contributed by atoms with Crippen LogP contribution in [0.1, 0.15) is 51.9 Å². The lowest BCUT2D eigenvalue weighted by molar-refractivity contribution is 0.276. The summed E-state index contributed by atoms with van der Waals surface area (Å²) in [6.07, 6.45) is 2.82. The standard InChI is InChI=1S/C21H32O4Si/c1-8-9-10-16-13-18(22)17-11-15(12-19(23-5)20(17)25-16)14-24-26(6,7)21(2,3)4/h11-13H,8-10,14H2,1-7H3. The summed E-state index contributed by atoms with van der Waals surface area (Å²) in [5, 5.41) is 0.694. The molecule has 0 fully saturated rings. The summed E-state index contributed by atoms with van der Waals surface area (Å²) in [4.78, 5) is 12.6.